The van der Waals surface area contributed by atoms with Gasteiger partial charge in [-0.3, -0.25) is 0 Å². The molecule has 2 aromatic rings. The van der Waals surface area contributed by atoms with E-state index in [0.717, 1.165) is 35.7 Å². The van der Waals surface area contributed by atoms with Crippen LogP contribution in [0.2, 0.25) is 0 Å². The first-order valence-electron chi connectivity index (χ1n) is 8.00. The Labute approximate surface area is 136 Å². The molecular formula is C17H23N5O. The van der Waals surface area contributed by atoms with Crippen LogP contribution in [0, 0.1) is 0 Å². The van der Waals surface area contributed by atoms with Crippen molar-refractivity contribution < 1.29 is 4.74 Å². The zero-order valence-corrected chi connectivity index (χ0v) is 13.3. The van der Waals surface area contributed by atoms with Crippen molar-refractivity contribution in [3.8, 4) is 5.75 Å². The number of aromatic nitrogens is 2. The predicted octanol–water partition coefficient (Wildman–Crippen LogP) is 2.27. The third kappa shape index (κ3) is 3.71. The largest absolute Gasteiger partial charge is 0.494 e. The van der Waals surface area contributed by atoms with Crippen molar-refractivity contribution in [3.63, 3.8) is 0 Å². The van der Waals surface area contributed by atoms with Gasteiger partial charge in [0.05, 0.1) is 12.3 Å². The van der Waals surface area contributed by atoms with Gasteiger partial charge in [-0.15, -0.1) is 0 Å². The lowest BCUT2D eigenvalue weighted by Gasteiger charge is -2.32. The van der Waals surface area contributed by atoms with Crippen LogP contribution < -0.4 is 21.5 Å². The lowest BCUT2D eigenvalue weighted by atomic mass is 9.78. The molecule has 0 radical (unpaired) electrons. The minimum Gasteiger partial charge on any atom is -0.494 e. The number of hydrogen-bond acceptors (Lipinski definition) is 6. The molecule has 0 amide bonds. The van der Waals surface area contributed by atoms with Gasteiger partial charge in [0, 0.05) is 30.1 Å². The van der Waals surface area contributed by atoms with E-state index < -0.39 is 0 Å². The van der Waals surface area contributed by atoms with Crippen LogP contribution in [0.4, 0.5) is 11.8 Å². The molecular weight excluding hydrogens is 290 g/mol. The molecule has 1 aromatic heterocycles. The fraction of sp³-hybridized carbons (Fsp3) is 0.412. The van der Waals surface area contributed by atoms with Gasteiger partial charge in [0.15, 0.2) is 0 Å². The number of rotatable bonds is 6. The molecule has 0 unspecified atom stereocenters. The van der Waals surface area contributed by atoms with Gasteiger partial charge in [-0.25, -0.2) is 4.98 Å². The van der Waals surface area contributed by atoms with Crippen LogP contribution in [-0.2, 0) is 6.54 Å². The van der Waals surface area contributed by atoms with Crippen LogP contribution in [0.3, 0.4) is 0 Å². The maximum absolute atomic E-state index is 5.86. The molecule has 1 fully saturated rings. The highest BCUT2D eigenvalue weighted by molar-refractivity contribution is 5.44. The number of nitrogens with two attached hydrogens (primary N) is 2. The molecule has 0 atom stereocenters. The first kappa shape index (κ1) is 15.6. The summed E-state index contributed by atoms with van der Waals surface area (Å²) in [5.41, 5.74) is 13.8. The van der Waals surface area contributed by atoms with E-state index in [9.17, 15) is 0 Å². The molecule has 1 aliphatic rings. The van der Waals surface area contributed by atoms with E-state index in [1.54, 1.807) is 0 Å². The van der Waals surface area contributed by atoms with Gasteiger partial charge in [-0.05, 0) is 25.8 Å². The highest BCUT2D eigenvalue weighted by Gasteiger charge is 2.29. The van der Waals surface area contributed by atoms with Crippen LogP contribution in [0.25, 0.3) is 0 Å². The Hall–Kier alpha value is -2.34. The molecule has 23 heavy (non-hydrogen) atoms. The molecule has 5 N–H and O–H groups in total. The molecule has 1 heterocycles. The molecule has 6 nitrogen and oxygen atoms in total. The second kappa shape index (κ2) is 6.83. The SMILES string of the molecule is CCOc1ccccc1CNc1cc(C2CC(N)C2)nc(N)n1. The average molecular weight is 313 g/mol. The molecule has 122 valence electrons. The fourth-order valence-corrected chi connectivity index (χ4v) is 2.82. The first-order chi connectivity index (χ1) is 11.2. The molecule has 0 spiro atoms. The number of hydrogen-bond donors (Lipinski definition) is 3. The van der Waals surface area contributed by atoms with Gasteiger partial charge >= 0.3 is 0 Å². The Kier molecular flexibility index (Phi) is 4.62. The van der Waals surface area contributed by atoms with Crippen LogP contribution in [-0.4, -0.2) is 22.6 Å². The molecule has 1 aromatic carbocycles. The lowest BCUT2D eigenvalue weighted by molar-refractivity contribution is 0.337. The van der Waals surface area contributed by atoms with E-state index >= 15 is 0 Å². The summed E-state index contributed by atoms with van der Waals surface area (Å²) in [7, 11) is 0. The summed E-state index contributed by atoms with van der Waals surface area (Å²) >= 11 is 0. The quantitative estimate of drug-likeness (QED) is 0.756. The van der Waals surface area contributed by atoms with Gasteiger partial charge < -0.3 is 21.5 Å². The first-order valence-corrected chi connectivity index (χ1v) is 8.00. The molecule has 0 aliphatic heterocycles. The summed E-state index contributed by atoms with van der Waals surface area (Å²) in [5.74, 6) is 2.31. The van der Waals surface area contributed by atoms with E-state index in [0.29, 0.717) is 25.0 Å². The number of nitrogen functional groups attached to an aromatic ring is 1. The third-order valence-electron chi connectivity index (χ3n) is 4.09. The standard InChI is InChI=1S/C17H23N5O/c1-2-23-15-6-4-3-5-11(15)10-20-16-9-14(21-17(19)22-16)12-7-13(18)8-12/h3-6,9,12-13H,2,7-8,10,18H2,1H3,(H3,19,20,21,22). The Bertz CT molecular complexity index is 670. The van der Waals surface area contributed by atoms with E-state index in [1.807, 2.05) is 37.3 Å². The number of benzene rings is 1. The van der Waals surface area contributed by atoms with Crippen molar-refractivity contribution in [3.05, 3.63) is 41.6 Å². The monoisotopic (exact) mass is 313 g/mol. The van der Waals surface area contributed by atoms with Gasteiger partial charge in [-0.2, -0.15) is 4.98 Å². The summed E-state index contributed by atoms with van der Waals surface area (Å²) < 4.78 is 5.64. The predicted molar refractivity (Wildman–Crippen MR) is 91.3 cm³/mol. The highest BCUT2D eigenvalue weighted by Crippen LogP contribution is 2.35. The van der Waals surface area contributed by atoms with Crippen molar-refractivity contribution in [2.24, 2.45) is 5.73 Å². The van der Waals surface area contributed by atoms with Gasteiger partial charge in [0.1, 0.15) is 11.6 Å². The third-order valence-corrected chi connectivity index (χ3v) is 4.09. The molecule has 1 aliphatic carbocycles. The minimum atomic E-state index is 0.283. The number of nitrogens with one attached hydrogen (secondary N) is 1. The Morgan fingerprint density at radius 1 is 1.26 bits per heavy atom. The van der Waals surface area contributed by atoms with Gasteiger partial charge in [0.2, 0.25) is 5.95 Å². The van der Waals surface area contributed by atoms with Crippen molar-refractivity contribution in [2.45, 2.75) is 38.3 Å². The smallest absolute Gasteiger partial charge is 0.222 e. The van der Waals surface area contributed by atoms with E-state index in [2.05, 4.69) is 15.3 Å². The summed E-state index contributed by atoms with van der Waals surface area (Å²) in [6.45, 7) is 3.24. The maximum Gasteiger partial charge on any atom is 0.222 e. The number of nitrogens with zero attached hydrogens (tertiary/aromatic N) is 2. The summed E-state index contributed by atoms with van der Waals surface area (Å²) in [5, 5.41) is 3.31. The van der Waals surface area contributed by atoms with Gasteiger partial charge in [-0.1, -0.05) is 18.2 Å². The highest BCUT2D eigenvalue weighted by atomic mass is 16.5. The number of ether oxygens (including phenoxy) is 1. The summed E-state index contributed by atoms with van der Waals surface area (Å²) in [4.78, 5) is 8.61. The molecule has 3 rings (SSSR count). The Morgan fingerprint density at radius 2 is 2.04 bits per heavy atom. The van der Waals surface area contributed by atoms with Crippen molar-refractivity contribution in [2.75, 3.05) is 17.7 Å². The van der Waals surface area contributed by atoms with Crippen LogP contribution in [0.5, 0.6) is 5.75 Å². The van der Waals surface area contributed by atoms with E-state index in [-0.39, 0.29) is 6.04 Å². The minimum absolute atomic E-state index is 0.283. The van der Waals surface area contributed by atoms with E-state index in [4.69, 9.17) is 16.2 Å². The Balaban J connectivity index is 1.71. The summed E-state index contributed by atoms with van der Waals surface area (Å²) in [6.07, 6.45) is 1.92. The fourth-order valence-electron chi connectivity index (χ4n) is 2.82. The van der Waals surface area contributed by atoms with Crippen LogP contribution in [0.1, 0.15) is 36.9 Å². The maximum atomic E-state index is 5.86. The topological polar surface area (TPSA) is 99.1 Å². The molecule has 0 bridgehead atoms. The average Bonchev–Trinajstić information content (AvgIpc) is 2.51. The lowest BCUT2D eigenvalue weighted by Crippen LogP contribution is -2.35. The number of para-hydroxylation sites is 1. The second-order valence-corrected chi connectivity index (χ2v) is 5.86. The normalized spacial score (nSPS) is 19.9. The Morgan fingerprint density at radius 3 is 2.78 bits per heavy atom. The molecule has 6 heteroatoms. The zero-order chi connectivity index (χ0) is 16.2. The van der Waals surface area contributed by atoms with Crippen LogP contribution >= 0.6 is 0 Å². The van der Waals surface area contributed by atoms with Crippen molar-refractivity contribution in [1.29, 1.82) is 0 Å². The van der Waals surface area contributed by atoms with Crippen molar-refractivity contribution in [1.82, 2.24) is 9.97 Å². The van der Waals surface area contributed by atoms with Gasteiger partial charge in [0.25, 0.3) is 0 Å². The number of anilines is 2. The summed E-state index contributed by atoms with van der Waals surface area (Å²) in [6, 6.07) is 10.2. The zero-order valence-electron chi connectivity index (χ0n) is 13.3. The van der Waals surface area contributed by atoms with E-state index in [1.165, 1.54) is 0 Å². The van der Waals surface area contributed by atoms with Crippen molar-refractivity contribution >= 4 is 11.8 Å². The van der Waals surface area contributed by atoms with Crippen LogP contribution in [0.15, 0.2) is 30.3 Å². The molecule has 1 saturated carbocycles. The second-order valence-electron chi connectivity index (χ2n) is 5.86. The molecule has 0 saturated heterocycles.